The molecule has 2 aromatic rings. The Morgan fingerprint density at radius 1 is 1.21 bits per heavy atom. The van der Waals surface area contributed by atoms with E-state index in [1.54, 1.807) is 0 Å². The van der Waals surface area contributed by atoms with Gasteiger partial charge in [0.1, 0.15) is 0 Å². The van der Waals surface area contributed by atoms with Gasteiger partial charge in [0.05, 0.1) is 0 Å². The van der Waals surface area contributed by atoms with E-state index in [1.807, 2.05) is 23.5 Å². The summed E-state index contributed by atoms with van der Waals surface area (Å²) in [6, 6.07) is 10.6. The molecule has 2 heterocycles. The Morgan fingerprint density at radius 3 is 2.68 bits per heavy atom. The fourth-order valence-corrected chi connectivity index (χ4v) is 4.56. The first-order valence-corrected chi connectivity index (χ1v) is 8.49. The van der Waals surface area contributed by atoms with Crippen molar-refractivity contribution in [1.82, 2.24) is 5.32 Å². The summed E-state index contributed by atoms with van der Waals surface area (Å²) in [5.41, 5.74) is 1.38. The summed E-state index contributed by atoms with van der Waals surface area (Å²) in [6.07, 6.45) is 1.19. The van der Waals surface area contributed by atoms with Gasteiger partial charge in [-0.25, -0.2) is 0 Å². The first-order chi connectivity index (χ1) is 9.24. The molecule has 0 aliphatic carbocycles. The molecule has 4 heteroatoms. The molecular formula is C15H15BrClNS. The molecule has 1 aliphatic rings. The summed E-state index contributed by atoms with van der Waals surface area (Å²) in [5, 5.41) is 6.50. The van der Waals surface area contributed by atoms with Gasteiger partial charge >= 0.3 is 0 Å². The molecule has 1 aromatic carbocycles. The van der Waals surface area contributed by atoms with Crippen molar-refractivity contribution < 1.29 is 0 Å². The van der Waals surface area contributed by atoms with E-state index >= 15 is 0 Å². The second kappa shape index (κ2) is 5.96. The monoisotopic (exact) mass is 355 g/mol. The average molecular weight is 357 g/mol. The standard InChI is InChI=1S/C15H15BrClNS/c16-11-7-15(19-9-11)13-5-6-18-8-14(13)10-1-3-12(17)4-2-10/h1-4,7,9,13-14,18H,5-6,8H2. The minimum atomic E-state index is 0.538. The van der Waals surface area contributed by atoms with Crippen LogP contribution in [0.4, 0.5) is 0 Å². The number of thiophene rings is 1. The second-order valence-electron chi connectivity index (χ2n) is 4.92. The highest BCUT2D eigenvalue weighted by Gasteiger charge is 2.28. The predicted octanol–water partition coefficient (Wildman–Crippen LogP) is 5.02. The maximum Gasteiger partial charge on any atom is 0.0406 e. The van der Waals surface area contributed by atoms with E-state index in [0.717, 1.165) is 18.1 Å². The van der Waals surface area contributed by atoms with Gasteiger partial charge in [-0.15, -0.1) is 11.3 Å². The van der Waals surface area contributed by atoms with Crippen molar-refractivity contribution in [2.45, 2.75) is 18.3 Å². The van der Waals surface area contributed by atoms with E-state index in [0.29, 0.717) is 11.8 Å². The quantitative estimate of drug-likeness (QED) is 0.796. The zero-order chi connectivity index (χ0) is 13.2. The predicted molar refractivity (Wildman–Crippen MR) is 86.4 cm³/mol. The van der Waals surface area contributed by atoms with Gasteiger partial charge in [-0.3, -0.25) is 0 Å². The Balaban J connectivity index is 1.90. The molecule has 1 nitrogen and oxygen atoms in total. The van der Waals surface area contributed by atoms with Crippen molar-refractivity contribution in [2.24, 2.45) is 0 Å². The zero-order valence-corrected chi connectivity index (χ0v) is 13.6. The lowest BCUT2D eigenvalue weighted by Crippen LogP contribution is -2.33. The SMILES string of the molecule is Clc1ccc(C2CNCCC2c2cc(Br)cs2)cc1. The van der Waals surface area contributed by atoms with Crippen LogP contribution in [-0.4, -0.2) is 13.1 Å². The normalized spacial score (nSPS) is 23.5. The summed E-state index contributed by atoms with van der Waals surface area (Å²) in [7, 11) is 0. The Hall–Kier alpha value is -0.350. The van der Waals surface area contributed by atoms with E-state index in [9.17, 15) is 0 Å². The molecule has 0 amide bonds. The lowest BCUT2D eigenvalue weighted by molar-refractivity contribution is 0.408. The van der Waals surface area contributed by atoms with Crippen LogP contribution in [0.1, 0.15) is 28.7 Å². The van der Waals surface area contributed by atoms with Gasteiger partial charge in [-0.1, -0.05) is 23.7 Å². The molecule has 2 atom stereocenters. The van der Waals surface area contributed by atoms with Crippen LogP contribution in [0.25, 0.3) is 0 Å². The second-order valence-corrected chi connectivity index (χ2v) is 7.22. The maximum absolute atomic E-state index is 5.99. The fraction of sp³-hybridized carbons (Fsp3) is 0.333. The third-order valence-corrected chi connectivity index (χ3v) is 5.81. The Morgan fingerprint density at radius 2 is 2.00 bits per heavy atom. The summed E-state index contributed by atoms with van der Waals surface area (Å²) < 4.78 is 1.20. The van der Waals surface area contributed by atoms with Gasteiger partial charge in [-0.2, -0.15) is 0 Å². The Labute approximate surface area is 131 Å². The Kier molecular flexibility index (Phi) is 4.27. The number of hydrogen-bond acceptors (Lipinski definition) is 2. The van der Waals surface area contributed by atoms with Crippen LogP contribution in [0.3, 0.4) is 0 Å². The minimum Gasteiger partial charge on any atom is -0.316 e. The van der Waals surface area contributed by atoms with Crippen LogP contribution in [0, 0.1) is 0 Å². The van der Waals surface area contributed by atoms with Gasteiger partial charge in [0, 0.05) is 38.1 Å². The molecule has 100 valence electrons. The summed E-state index contributed by atoms with van der Waals surface area (Å²) in [6.45, 7) is 2.14. The number of nitrogens with one attached hydrogen (secondary N) is 1. The number of hydrogen-bond donors (Lipinski definition) is 1. The van der Waals surface area contributed by atoms with Crippen LogP contribution in [0.15, 0.2) is 40.2 Å². The molecule has 1 N–H and O–H groups in total. The average Bonchev–Trinajstić information content (AvgIpc) is 2.86. The van der Waals surface area contributed by atoms with Crippen molar-refractivity contribution in [3.05, 3.63) is 55.6 Å². The molecule has 0 radical (unpaired) electrons. The zero-order valence-electron chi connectivity index (χ0n) is 10.4. The van der Waals surface area contributed by atoms with Crippen molar-refractivity contribution >= 4 is 38.9 Å². The molecule has 19 heavy (non-hydrogen) atoms. The number of rotatable bonds is 2. The summed E-state index contributed by atoms with van der Waals surface area (Å²) in [5.74, 6) is 1.15. The number of piperidine rings is 1. The molecule has 2 unspecified atom stereocenters. The highest BCUT2D eigenvalue weighted by atomic mass is 79.9. The highest BCUT2D eigenvalue weighted by Crippen LogP contribution is 2.40. The minimum absolute atomic E-state index is 0.538. The third kappa shape index (κ3) is 3.05. The Bertz CT molecular complexity index is 552. The molecule has 0 bridgehead atoms. The van der Waals surface area contributed by atoms with E-state index in [1.165, 1.54) is 21.3 Å². The molecule has 0 saturated carbocycles. The number of halogens is 2. The van der Waals surface area contributed by atoms with Crippen molar-refractivity contribution in [3.8, 4) is 0 Å². The first-order valence-electron chi connectivity index (χ1n) is 6.44. The van der Waals surface area contributed by atoms with Gasteiger partial charge < -0.3 is 5.32 Å². The van der Waals surface area contributed by atoms with Crippen molar-refractivity contribution in [1.29, 1.82) is 0 Å². The lowest BCUT2D eigenvalue weighted by atomic mass is 9.80. The van der Waals surface area contributed by atoms with Crippen LogP contribution < -0.4 is 5.32 Å². The van der Waals surface area contributed by atoms with Crippen molar-refractivity contribution in [3.63, 3.8) is 0 Å². The lowest BCUT2D eigenvalue weighted by Gasteiger charge is -2.32. The molecule has 1 aliphatic heterocycles. The molecular weight excluding hydrogens is 342 g/mol. The van der Waals surface area contributed by atoms with Crippen LogP contribution in [-0.2, 0) is 0 Å². The highest BCUT2D eigenvalue weighted by molar-refractivity contribution is 9.10. The largest absolute Gasteiger partial charge is 0.316 e. The fourth-order valence-electron chi connectivity index (χ4n) is 2.78. The van der Waals surface area contributed by atoms with Gasteiger partial charge in [0.2, 0.25) is 0 Å². The van der Waals surface area contributed by atoms with Crippen molar-refractivity contribution in [2.75, 3.05) is 13.1 Å². The van der Waals surface area contributed by atoms with Gasteiger partial charge in [0.25, 0.3) is 0 Å². The molecule has 0 spiro atoms. The van der Waals surface area contributed by atoms with E-state index < -0.39 is 0 Å². The van der Waals surface area contributed by atoms with Crippen LogP contribution >= 0.6 is 38.9 Å². The van der Waals surface area contributed by atoms with Crippen LogP contribution in [0.5, 0.6) is 0 Å². The third-order valence-electron chi connectivity index (χ3n) is 3.73. The smallest absolute Gasteiger partial charge is 0.0406 e. The van der Waals surface area contributed by atoms with E-state index in [-0.39, 0.29) is 0 Å². The van der Waals surface area contributed by atoms with Gasteiger partial charge in [-0.05, 0) is 52.7 Å². The molecule has 1 fully saturated rings. The molecule has 1 aromatic heterocycles. The van der Waals surface area contributed by atoms with E-state index in [2.05, 4.69) is 44.8 Å². The van der Waals surface area contributed by atoms with Crippen LogP contribution in [0.2, 0.25) is 5.02 Å². The summed E-state index contributed by atoms with van der Waals surface area (Å²) in [4.78, 5) is 1.48. The maximum atomic E-state index is 5.99. The topological polar surface area (TPSA) is 12.0 Å². The number of benzene rings is 1. The van der Waals surface area contributed by atoms with Gasteiger partial charge in [0.15, 0.2) is 0 Å². The molecule has 3 rings (SSSR count). The van der Waals surface area contributed by atoms with E-state index in [4.69, 9.17) is 11.6 Å². The summed E-state index contributed by atoms with van der Waals surface area (Å²) >= 11 is 11.4. The molecule has 1 saturated heterocycles. The first kappa shape index (κ1) is 13.6.